The summed E-state index contributed by atoms with van der Waals surface area (Å²) in [5, 5.41) is 2.66. The molecule has 2 aliphatic rings. The van der Waals surface area contributed by atoms with Crippen LogP contribution in [-0.2, 0) is 14.3 Å². The number of nitrogens with one attached hydrogen (secondary N) is 1. The van der Waals surface area contributed by atoms with Gasteiger partial charge in [-0.15, -0.1) is 0 Å². The summed E-state index contributed by atoms with van der Waals surface area (Å²) in [5.74, 6) is -0.505. The second-order valence-corrected chi connectivity index (χ2v) is 4.49. The zero-order valence-corrected chi connectivity index (χ0v) is 9.11. The van der Waals surface area contributed by atoms with Crippen molar-refractivity contribution in [1.29, 1.82) is 0 Å². The molecule has 1 heterocycles. The standard InChI is InChI=1S/C8H10BrNO4/c1-13-7(11)3-2-4-6(5(3)9)14-8(12)10-4/h3-6H,2H2,1H3,(H,10,12)/t3-,4?,5+,6?/m1/s1. The fraction of sp³-hybridized carbons (Fsp3) is 0.750. The average molecular weight is 264 g/mol. The van der Waals surface area contributed by atoms with Crippen LogP contribution in [0.15, 0.2) is 0 Å². The van der Waals surface area contributed by atoms with E-state index in [2.05, 4.69) is 26.0 Å². The van der Waals surface area contributed by atoms with E-state index in [1.165, 1.54) is 7.11 Å². The number of alkyl halides is 1. The molecule has 0 aromatic carbocycles. The molecule has 78 valence electrons. The van der Waals surface area contributed by atoms with Crippen LogP contribution < -0.4 is 5.32 Å². The van der Waals surface area contributed by atoms with E-state index in [9.17, 15) is 9.59 Å². The molecular formula is C8H10BrNO4. The smallest absolute Gasteiger partial charge is 0.407 e. The Labute approximate surface area is 89.2 Å². The Bertz CT molecular complexity index is 283. The Morgan fingerprint density at radius 1 is 1.71 bits per heavy atom. The zero-order valence-electron chi connectivity index (χ0n) is 7.53. The van der Waals surface area contributed by atoms with Crippen molar-refractivity contribution in [1.82, 2.24) is 5.32 Å². The third-order valence-corrected chi connectivity index (χ3v) is 3.81. The topological polar surface area (TPSA) is 64.6 Å². The number of amides is 1. The van der Waals surface area contributed by atoms with Gasteiger partial charge in [0.2, 0.25) is 0 Å². The van der Waals surface area contributed by atoms with Crippen LogP contribution in [0.2, 0.25) is 0 Å². The molecule has 14 heavy (non-hydrogen) atoms. The van der Waals surface area contributed by atoms with Crippen LogP contribution in [0.4, 0.5) is 4.79 Å². The summed E-state index contributed by atoms with van der Waals surface area (Å²) in [4.78, 5) is 22.0. The van der Waals surface area contributed by atoms with Gasteiger partial charge in [-0.05, 0) is 6.42 Å². The van der Waals surface area contributed by atoms with E-state index in [0.717, 1.165) is 0 Å². The Balaban J connectivity index is 2.09. The lowest BCUT2D eigenvalue weighted by Gasteiger charge is -2.14. The molecule has 0 spiro atoms. The summed E-state index contributed by atoms with van der Waals surface area (Å²) in [6.07, 6.45) is -0.0988. The first-order valence-corrected chi connectivity index (χ1v) is 5.24. The highest BCUT2D eigenvalue weighted by Gasteiger charge is 2.52. The molecule has 6 heteroatoms. The number of ether oxygens (including phenoxy) is 2. The quantitative estimate of drug-likeness (QED) is 0.550. The van der Waals surface area contributed by atoms with Gasteiger partial charge in [0.1, 0.15) is 6.10 Å². The highest BCUT2D eigenvalue weighted by Crippen LogP contribution is 2.37. The SMILES string of the molecule is COC(=O)[C@@H]1CC2NC(=O)OC2[C@H]1Br. The first-order valence-electron chi connectivity index (χ1n) is 4.32. The second-order valence-electron chi connectivity index (χ2n) is 3.43. The third kappa shape index (κ3) is 1.37. The van der Waals surface area contributed by atoms with Gasteiger partial charge in [0.05, 0.1) is 23.9 Å². The van der Waals surface area contributed by atoms with E-state index in [1.54, 1.807) is 0 Å². The number of hydrogen-bond acceptors (Lipinski definition) is 4. The van der Waals surface area contributed by atoms with Gasteiger partial charge in [-0.3, -0.25) is 4.79 Å². The van der Waals surface area contributed by atoms with Crippen molar-refractivity contribution in [2.45, 2.75) is 23.4 Å². The van der Waals surface area contributed by atoms with Crippen molar-refractivity contribution in [3.8, 4) is 0 Å². The number of hydrogen-bond donors (Lipinski definition) is 1. The highest BCUT2D eigenvalue weighted by molar-refractivity contribution is 9.09. The molecule has 2 unspecified atom stereocenters. The minimum absolute atomic E-state index is 0.0732. The van der Waals surface area contributed by atoms with Crippen LogP contribution in [0, 0.1) is 5.92 Å². The molecular weight excluding hydrogens is 254 g/mol. The van der Waals surface area contributed by atoms with Crippen LogP contribution in [0.5, 0.6) is 0 Å². The summed E-state index contributed by atoms with van der Waals surface area (Å²) in [6, 6.07) is -0.0732. The molecule has 1 saturated heterocycles. The van der Waals surface area contributed by atoms with Gasteiger partial charge in [0.15, 0.2) is 0 Å². The molecule has 1 aliphatic carbocycles. The monoisotopic (exact) mass is 263 g/mol. The maximum absolute atomic E-state index is 11.3. The molecule has 4 atom stereocenters. The molecule has 1 N–H and O–H groups in total. The Morgan fingerprint density at radius 2 is 2.43 bits per heavy atom. The van der Waals surface area contributed by atoms with Crippen LogP contribution in [0.3, 0.4) is 0 Å². The number of alkyl carbamates (subject to hydrolysis) is 1. The molecule has 1 aliphatic heterocycles. The molecule has 0 radical (unpaired) electrons. The maximum Gasteiger partial charge on any atom is 0.407 e. The van der Waals surface area contributed by atoms with Crippen LogP contribution in [-0.4, -0.2) is 36.1 Å². The number of carbonyl (C=O) groups excluding carboxylic acids is 2. The Hall–Kier alpha value is -0.780. The summed E-state index contributed by atoms with van der Waals surface area (Å²) < 4.78 is 9.68. The summed E-state index contributed by atoms with van der Waals surface area (Å²) >= 11 is 3.36. The maximum atomic E-state index is 11.3. The van der Waals surface area contributed by atoms with Crippen molar-refractivity contribution in [3.63, 3.8) is 0 Å². The van der Waals surface area contributed by atoms with Gasteiger partial charge >= 0.3 is 12.1 Å². The van der Waals surface area contributed by atoms with Crippen molar-refractivity contribution >= 4 is 28.0 Å². The van der Waals surface area contributed by atoms with Crippen molar-refractivity contribution in [3.05, 3.63) is 0 Å². The lowest BCUT2D eigenvalue weighted by Crippen LogP contribution is -2.29. The van der Waals surface area contributed by atoms with E-state index in [0.29, 0.717) is 6.42 Å². The van der Waals surface area contributed by atoms with Gasteiger partial charge in [-0.1, -0.05) is 15.9 Å². The van der Waals surface area contributed by atoms with E-state index >= 15 is 0 Å². The minimum atomic E-state index is -0.409. The first-order chi connectivity index (χ1) is 6.63. The number of carbonyl (C=O) groups is 2. The number of methoxy groups -OCH3 is 1. The normalized spacial score (nSPS) is 40.0. The predicted octanol–water partition coefficient (Wildman–Crippen LogP) is 0.420. The van der Waals surface area contributed by atoms with Gasteiger partial charge in [-0.2, -0.15) is 0 Å². The lowest BCUT2D eigenvalue weighted by atomic mass is 10.1. The predicted molar refractivity (Wildman–Crippen MR) is 50.0 cm³/mol. The lowest BCUT2D eigenvalue weighted by molar-refractivity contribution is -0.145. The van der Waals surface area contributed by atoms with Gasteiger partial charge in [-0.25, -0.2) is 4.79 Å². The van der Waals surface area contributed by atoms with E-state index < -0.39 is 6.09 Å². The first kappa shape index (κ1) is 9.76. The van der Waals surface area contributed by atoms with E-state index in [1.807, 2.05) is 0 Å². The Morgan fingerprint density at radius 3 is 3.00 bits per heavy atom. The fourth-order valence-electron chi connectivity index (χ4n) is 1.96. The third-order valence-electron chi connectivity index (χ3n) is 2.65. The van der Waals surface area contributed by atoms with E-state index in [4.69, 9.17) is 4.74 Å². The highest BCUT2D eigenvalue weighted by atomic mass is 79.9. The number of fused-ring (bicyclic) bond motifs is 1. The molecule has 1 amide bonds. The van der Waals surface area contributed by atoms with Gasteiger partial charge < -0.3 is 14.8 Å². The van der Waals surface area contributed by atoms with Crippen molar-refractivity contribution in [2.24, 2.45) is 5.92 Å². The van der Waals surface area contributed by atoms with E-state index in [-0.39, 0.29) is 28.9 Å². The molecule has 0 aromatic rings. The van der Waals surface area contributed by atoms with Gasteiger partial charge in [0, 0.05) is 0 Å². The summed E-state index contributed by atoms with van der Waals surface area (Å²) in [5.41, 5.74) is 0. The minimum Gasteiger partial charge on any atom is -0.469 e. The molecule has 2 fully saturated rings. The molecule has 0 aromatic heterocycles. The van der Waals surface area contributed by atoms with Crippen LogP contribution in [0.1, 0.15) is 6.42 Å². The van der Waals surface area contributed by atoms with Crippen molar-refractivity contribution in [2.75, 3.05) is 7.11 Å². The summed E-state index contributed by atoms with van der Waals surface area (Å²) in [7, 11) is 1.36. The number of halogens is 1. The van der Waals surface area contributed by atoms with Crippen LogP contribution >= 0.6 is 15.9 Å². The molecule has 2 rings (SSSR count). The summed E-state index contributed by atoms with van der Waals surface area (Å²) in [6.45, 7) is 0. The molecule has 0 bridgehead atoms. The average Bonchev–Trinajstić information content (AvgIpc) is 2.64. The number of rotatable bonds is 1. The van der Waals surface area contributed by atoms with Crippen LogP contribution in [0.25, 0.3) is 0 Å². The van der Waals surface area contributed by atoms with Gasteiger partial charge in [0.25, 0.3) is 0 Å². The largest absolute Gasteiger partial charge is 0.469 e. The molecule has 1 saturated carbocycles. The van der Waals surface area contributed by atoms with Crippen molar-refractivity contribution < 1.29 is 19.1 Å². The zero-order chi connectivity index (χ0) is 10.3. The second kappa shape index (κ2) is 3.42. The Kier molecular flexibility index (Phi) is 2.38. The molecule has 5 nitrogen and oxygen atoms in total. The number of esters is 1. The fourth-order valence-corrected chi connectivity index (χ4v) is 2.87.